The number of rotatable bonds is 6. The number of hydrogen-bond donors (Lipinski definition) is 1. The molecule has 0 amide bonds. The van der Waals surface area contributed by atoms with Crippen molar-refractivity contribution in [1.29, 1.82) is 0 Å². The highest BCUT2D eigenvalue weighted by molar-refractivity contribution is 9.10. The van der Waals surface area contributed by atoms with Gasteiger partial charge in [0.05, 0.1) is 12.2 Å². The summed E-state index contributed by atoms with van der Waals surface area (Å²) < 4.78 is 5.91. The number of carboxylic acid groups (broad SMARTS) is 1. The molecule has 0 saturated carbocycles. The summed E-state index contributed by atoms with van der Waals surface area (Å²) in [6, 6.07) is 5.39. The van der Waals surface area contributed by atoms with Gasteiger partial charge in [-0.3, -0.25) is 0 Å². The second-order valence-corrected chi connectivity index (χ2v) is 5.01. The molecule has 0 heterocycles. The van der Waals surface area contributed by atoms with Crippen LogP contribution in [0.4, 0.5) is 5.69 Å². The monoisotopic (exact) mass is 315 g/mol. The third-order valence-electron chi connectivity index (χ3n) is 2.74. The first-order chi connectivity index (χ1) is 8.49. The molecule has 1 N–H and O–H groups in total. The predicted octanol–water partition coefficient (Wildman–Crippen LogP) is 3.01. The van der Waals surface area contributed by atoms with E-state index in [1.807, 2.05) is 19.9 Å². The molecule has 1 rings (SSSR count). The van der Waals surface area contributed by atoms with Crippen LogP contribution in [0.1, 0.15) is 24.2 Å². The summed E-state index contributed by atoms with van der Waals surface area (Å²) in [6.07, 6.45) is 0. The number of benzene rings is 1. The molecule has 0 fully saturated rings. The van der Waals surface area contributed by atoms with Crippen LogP contribution in [0.3, 0.4) is 0 Å². The van der Waals surface area contributed by atoms with E-state index in [0.717, 1.165) is 16.7 Å². The van der Waals surface area contributed by atoms with Crippen LogP contribution in [0.2, 0.25) is 0 Å². The van der Waals surface area contributed by atoms with Gasteiger partial charge in [-0.1, -0.05) is 15.9 Å². The summed E-state index contributed by atoms with van der Waals surface area (Å²) in [5.41, 5.74) is 1.16. The van der Waals surface area contributed by atoms with Gasteiger partial charge in [-0.15, -0.1) is 0 Å². The topological polar surface area (TPSA) is 49.8 Å². The number of nitrogens with zero attached hydrogens (tertiary/aromatic N) is 1. The van der Waals surface area contributed by atoms with E-state index in [1.165, 1.54) is 0 Å². The van der Waals surface area contributed by atoms with E-state index in [4.69, 9.17) is 9.84 Å². The first-order valence-corrected chi connectivity index (χ1v) is 6.58. The molecule has 1 atom stereocenters. The lowest BCUT2D eigenvalue weighted by Crippen LogP contribution is -2.36. The van der Waals surface area contributed by atoms with Gasteiger partial charge in [-0.2, -0.15) is 0 Å². The first-order valence-electron chi connectivity index (χ1n) is 5.79. The number of carboxylic acids is 1. The number of hydrogen-bond acceptors (Lipinski definition) is 3. The zero-order chi connectivity index (χ0) is 13.7. The number of anilines is 1. The highest BCUT2D eigenvalue weighted by Crippen LogP contribution is 2.24. The fourth-order valence-electron chi connectivity index (χ4n) is 1.94. The minimum atomic E-state index is -0.923. The van der Waals surface area contributed by atoms with E-state index in [2.05, 4.69) is 20.8 Å². The van der Waals surface area contributed by atoms with Crippen molar-refractivity contribution in [3.05, 3.63) is 28.2 Å². The molecular weight excluding hydrogens is 298 g/mol. The average molecular weight is 316 g/mol. The van der Waals surface area contributed by atoms with Crippen LogP contribution >= 0.6 is 15.9 Å². The van der Waals surface area contributed by atoms with Crippen molar-refractivity contribution in [1.82, 2.24) is 0 Å². The van der Waals surface area contributed by atoms with Gasteiger partial charge in [0.25, 0.3) is 0 Å². The fraction of sp³-hybridized carbons (Fsp3) is 0.462. The van der Waals surface area contributed by atoms with Gasteiger partial charge in [0.1, 0.15) is 0 Å². The van der Waals surface area contributed by atoms with Crippen molar-refractivity contribution in [3.8, 4) is 0 Å². The Morgan fingerprint density at radius 1 is 1.50 bits per heavy atom. The highest BCUT2D eigenvalue weighted by Gasteiger charge is 2.15. The van der Waals surface area contributed by atoms with Crippen molar-refractivity contribution in [2.45, 2.75) is 19.9 Å². The van der Waals surface area contributed by atoms with E-state index in [0.29, 0.717) is 6.61 Å². The molecule has 0 aliphatic carbocycles. The lowest BCUT2D eigenvalue weighted by atomic mass is 10.1. The molecular formula is C13H18BrNO3. The second-order valence-electron chi connectivity index (χ2n) is 4.09. The van der Waals surface area contributed by atoms with E-state index in [1.54, 1.807) is 19.2 Å². The molecule has 0 spiro atoms. The minimum Gasteiger partial charge on any atom is -0.478 e. The fourth-order valence-corrected chi connectivity index (χ4v) is 2.42. The largest absolute Gasteiger partial charge is 0.478 e. The SMILES string of the molecule is CCN(c1cc(Br)cc(C(=O)O)c1)C(C)COC. The molecule has 1 unspecified atom stereocenters. The molecule has 18 heavy (non-hydrogen) atoms. The summed E-state index contributed by atoms with van der Waals surface area (Å²) in [4.78, 5) is 13.2. The standard InChI is InChI=1S/C13H18BrNO3/c1-4-15(9(2)8-18-3)12-6-10(13(16)17)5-11(14)7-12/h5-7,9H,4,8H2,1-3H3,(H,16,17). The summed E-state index contributed by atoms with van der Waals surface area (Å²) in [7, 11) is 1.66. The summed E-state index contributed by atoms with van der Waals surface area (Å²) >= 11 is 3.35. The van der Waals surface area contributed by atoms with Gasteiger partial charge in [0.2, 0.25) is 0 Å². The Morgan fingerprint density at radius 3 is 2.67 bits per heavy atom. The van der Waals surface area contributed by atoms with Crippen LogP contribution in [-0.2, 0) is 4.74 Å². The van der Waals surface area contributed by atoms with Crippen LogP contribution in [0.5, 0.6) is 0 Å². The normalized spacial score (nSPS) is 12.2. The van der Waals surface area contributed by atoms with Gasteiger partial charge in [-0.05, 0) is 32.0 Å². The van der Waals surface area contributed by atoms with Crippen LogP contribution in [0.15, 0.2) is 22.7 Å². The van der Waals surface area contributed by atoms with Crippen molar-refractivity contribution < 1.29 is 14.6 Å². The first kappa shape index (κ1) is 15.0. The number of likely N-dealkylation sites (N-methyl/N-ethyl adjacent to an activating group) is 1. The lowest BCUT2D eigenvalue weighted by molar-refractivity contribution is 0.0697. The molecule has 1 aromatic rings. The number of methoxy groups -OCH3 is 1. The third-order valence-corrected chi connectivity index (χ3v) is 3.20. The number of ether oxygens (including phenoxy) is 1. The Kier molecular flexibility index (Phi) is 5.62. The Balaban J connectivity index is 3.09. The van der Waals surface area contributed by atoms with E-state index >= 15 is 0 Å². The van der Waals surface area contributed by atoms with Crippen LogP contribution in [-0.4, -0.2) is 37.4 Å². The molecule has 0 aliphatic heterocycles. The minimum absolute atomic E-state index is 0.191. The number of carbonyl (C=O) groups is 1. The summed E-state index contributed by atoms with van der Waals surface area (Å²) in [6.45, 7) is 5.48. The number of halogens is 1. The zero-order valence-electron chi connectivity index (χ0n) is 10.8. The maximum Gasteiger partial charge on any atom is 0.335 e. The maximum atomic E-state index is 11.0. The average Bonchev–Trinajstić information content (AvgIpc) is 2.29. The smallest absolute Gasteiger partial charge is 0.335 e. The molecule has 4 nitrogen and oxygen atoms in total. The molecule has 100 valence electrons. The molecule has 0 saturated heterocycles. The van der Waals surface area contributed by atoms with Crippen molar-refractivity contribution in [3.63, 3.8) is 0 Å². The highest BCUT2D eigenvalue weighted by atomic mass is 79.9. The molecule has 5 heteroatoms. The molecule has 0 bridgehead atoms. The van der Waals surface area contributed by atoms with Crippen molar-refractivity contribution >= 4 is 27.6 Å². The van der Waals surface area contributed by atoms with Gasteiger partial charge >= 0.3 is 5.97 Å². The Hall–Kier alpha value is -1.07. The van der Waals surface area contributed by atoms with Crippen LogP contribution < -0.4 is 4.90 Å². The Labute approximate surface area is 116 Å². The van der Waals surface area contributed by atoms with Gasteiger partial charge in [-0.25, -0.2) is 4.79 Å². The van der Waals surface area contributed by atoms with Crippen LogP contribution in [0.25, 0.3) is 0 Å². The summed E-state index contributed by atoms with van der Waals surface area (Å²) in [5.74, 6) is -0.923. The van der Waals surface area contributed by atoms with E-state index in [9.17, 15) is 4.79 Å². The Morgan fingerprint density at radius 2 is 2.17 bits per heavy atom. The third kappa shape index (κ3) is 3.71. The van der Waals surface area contributed by atoms with Crippen molar-refractivity contribution in [2.75, 3.05) is 25.2 Å². The van der Waals surface area contributed by atoms with Gasteiger partial charge in [0.15, 0.2) is 0 Å². The second kappa shape index (κ2) is 6.75. The quantitative estimate of drug-likeness (QED) is 0.876. The molecule has 0 radical (unpaired) electrons. The summed E-state index contributed by atoms with van der Waals surface area (Å²) in [5, 5.41) is 9.07. The van der Waals surface area contributed by atoms with Gasteiger partial charge < -0.3 is 14.7 Å². The van der Waals surface area contributed by atoms with E-state index in [-0.39, 0.29) is 11.6 Å². The molecule has 0 aromatic heterocycles. The maximum absolute atomic E-state index is 11.0. The van der Waals surface area contributed by atoms with Crippen LogP contribution in [0, 0.1) is 0 Å². The van der Waals surface area contributed by atoms with Crippen molar-refractivity contribution in [2.24, 2.45) is 0 Å². The lowest BCUT2D eigenvalue weighted by Gasteiger charge is -2.30. The van der Waals surface area contributed by atoms with Gasteiger partial charge in [0, 0.05) is 29.9 Å². The predicted molar refractivity (Wildman–Crippen MR) is 75.5 cm³/mol. The number of aromatic carboxylic acids is 1. The zero-order valence-corrected chi connectivity index (χ0v) is 12.4. The Bertz CT molecular complexity index is 423. The molecule has 1 aromatic carbocycles. The molecule has 0 aliphatic rings. The van der Waals surface area contributed by atoms with E-state index < -0.39 is 5.97 Å².